The molecule has 0 fully saturated rings. The van der Waals surface area contributed by atoms with Gasteiger partial charge in [0.2, 0.25) is 0 Å². The van der Waals surface area contributed by atoms with Crippen molar-refractivity contribution < 1.29 is 13.2 Å². The summed E-state index contributed by atoms with van der Waals surface area (Å²) in [6.45, 7) is 4.80. The molecule has 0 aliphatic rings. The van der Waals surface area contributed by atoms with Crippen LogP contribution in [0, 0.1) is 0 Å². The van der Waals surface area contributed by atoms with Crippen LogP contribution in [-0.4, -0.2) is 44.6 Å². The number of hydrogen-bond acceptors (Lipinski definition) is 2. The van der Waals surface area contributed by atoms with Gasteiger partial charge in [-0.25, -0.2) is 4.99 Å². The third-order valence-electron chi connectivity index (χ3n) is 3.12. The standard InChI is InChI=1S/C16H25F3N4/c1-4-20-15(21-10-5-11-23(2)3)22-12-13-6-8-14(9-7-13)16(17,18)19/h6-9H,4-5,10-12H2,1-3H3,(H2,20,21,22). The Balaban J connectivity index is 2.55. The van der Waals surface area contributed by atoms with Gasteiger partial charge in [-0.15, -0.1) is 0 Å². The Kier molecular flexibility index (Phi) is 7.88. The van der Waals surface area contributed by atoms with E-state index >= 15 is 0 Å². The Morgan fingerprint density at radius 2 is 1.78 bits per heavy atom. The first-order valence-corrected chi connectivity index (χ1v) is 7.66. The maximum absolute atomic E-state index is 12.5. The van der Waals surface area contributed by atoms with Gasteiger partial charge in [-0.2, -0.15) is 13.2 Å². The topological polar surface area (TPSA) is 39.7 Å². The molecule has 0 atom stereocenters. The van der Waals surface area contributed by atoms with Crippen molar-refractivity contribution in [1.82, 2.24) is 15.5 Å². The highest BCUT2D eigenvalue weighted by Crippen LogP contribution is 2.29. The molecule has 0 aromatic heterocycles. The Morgan fingerprint density at radius 1 is 1.13 bits per heavy atom. The third-order valence-corrected chi connectivity index (χ3v) is 3.12. The Morgan fingerprint density at radius 3 is 2.30 bits per heavy atom. The summed E-state index contributed by atoms with van der Waals surface area (Å²) in [5.41, 5.74) is 0.0995. The molecular formula is C16H25F3N4. The summed E-state index contributed by atoms with van der Waals surface area (Å²) in [5.74, 6) is 0.672. The lowest BCUT2D eigenvalue weighted by Crippen LogP contribution is -2.38. The van der Waals surface area contributed by atoms with Crippen LogP contribution in [-0.2, 0) is 12.7 Å². The van der Waals surface area contributed by atoms with Crippen LogP contribution in [0.3, 0.4) is 0 Å². The van der Waals surface area contributed by atoms with E-state index in [1.165, 1.54) is 12.1 Å². The molecule has 0 aliphatic carbocycles. The molecule has 0 bridgehead atoms. The molecule has 0 heterocycles. The number of nitrogens with one attached hydrogen (secondary N) is 2. The van der Waals surface area contributed by atoms with Crippen LogP contribution in [0.15, 0.2) is 29.3 Å². The van der Waals surface area contributed by atoms with Crippen molar-refractivity contribution >= 4 is 5.96 Å². The van der Waals surface area contributed by atoms with Crippen molar-refractivity contribution in [2.24, 2.45) is 4.99 Å². The lowest BCUT2D eigenvalue weighted by Gasteiger charge is -2.13. The molecule has 0 unspecified atom stereocenters. The lowest BCUT2D eigenvalue weighted by molar-refractivity contribution is -0.137. The molecule has 0 amide bonds. The van der Waals surface area contributed by atoms with Gasteiger partial charge in [0.05, 0.1) is 12.1 Å². The minimum absolute atomic E-state index is 0.334. The van der Waals surface area contributed by atoms with E-state index in [-0.39, 0.29) is 0 Å². The van der Waals surface area contributed by atoms with Gasteiger partial charge in [0, 0.05) is 13.1 Å². The number of guanidine groups is 1. The highest BCUT2D eigenvalue weighted by atomic mass is 19.4. The first-order valence-electron chi connectivity index (χ1n) is 7.66. The van der Waals surface area contributed by atoms with Crippen molar-refractivity contribution in [3.05, 3.63) is 35.4 Å². The zero-order chi connectivity index (χ0) is 17.3. The Labute approximate surface area is 135 Å². The number of nitrogens with zero attached hydrogens (tertiary/aromatic N) is 2. The van der Waals surface area contributed by atoms with E-state index < -0.39 is 11.7 Å². The van der Waals surface area contributed by atoms with Crippen molar-refractivity contribution in [1.29, 1.82) is 0 Å². The zero-order valence-electron chi connectivity index (χ0n) is 13.9. The minimum atomic E-state index is -4.30. The van der Waals surface area contributed by atoms with Gasteiger partial charge in [0.15, 0.2) is 5.96 Å². The second kappa shape index (κ2) is 9.39. The van der Waals surface area contributed by atoms with E-state index in [9.17, 15) is 13.2 Å². The molecule has 1 aromatic carbocycles. The van der Waals surface area contributed by atoms with Crippen LogP contribution in [0.2, 0.25) is 0 Å². The molecule has 0 radical (unpaired) electrons. The summed E-state index contributed by atoms with van der Waals surface area (Å²) in [7, 11) is 4.04. The van der Waals surface area contributed by atoms with Crippen LogP contribution in [0.25, 0.3) is 0 Å². The normalized spacial score (nSPS) is 12.6. The average Bonchev–Trinajstić information content (AvgIpc) is 2.48. The van der Waals surface area contributed by atoms with E-state index in [1.54, 1.807) is 0 Å². The molecule has 7 heteroatoms. The number of halogens is 3. The first-order chi connectivity index (χ1) is 10.8. The second-order valence-corrected chi connectivity index (χ2v) is 5.47. The van der Waals surface area contributed by atoms with E-state index in [0.29, 0.717) is 12.5 Å². The van der Waals surface area contributed by atoms with Gasteiger partial charge in [-0.1, -0.05) is 12.1 Å². The number of hydrogen-bond donors (Lipinski definition) is 2. The molecule has 0 saturated carbocycles. The molecule has 1 aromatic rings. The fourth-order valence-corrected chi connectivity index (χ4v) is 1.91. The summed E-state index contributed by atoms with van der Waals surface area (Å²) >= 11 is 0. The van der Waals surface area contributed by atoms with E-state index in [2.05, 4.69) is 20.5 Å². The minimum Gasteiger partial charge on any atom is -0.357 e. The number of benzene rings is 1. The molecule has 0 spiro atoms. The Hall–Kier alpha value is -1.76. The molecule has 0 saturated heterocycles. The SMILES string of the molecule is CCNC(=NCc1ccc(C(F)(F)F)cc1)NCCCN(C)C. The molecule has 2 N–H and O–H groups in total. The van der Waals surface area contributed by atoms with Crippen LogP contribution in [0.1, 0.15) is 24.5 Å². The maximum Gasteiger partial charge on any atom is 0.416 e. The molecule has 4 nitrogen and oxygen atoms in total. The van der Waals surface area contributed by atoms with Crippen LogP contribution in [0.4, 0.5) is 13.2 Å². The molecule has 130 valence electrons. The number of rotatable bonds is 7. The summed E-state index contributed by atoms with van der Waals surface area (Å²) in [4.78, 5) is 6.50. The monoisotopic (exact) mass is 330 g/mol. The predicted octanol–water partition coefficient (Wildman–Crippen LogP) is 2.71. The highest BCUT2D eigenvalue weighted by molar-refractivity contribution is 5.79. The highest BCUT2D eigenvalue weighted by Gasteiger charge is 2.29. The van der Waals surface area contributed by atoms with E-state index in [1.807, 2.05) is 21.0 Å². The predicted molar refractivity (Wildman–Crippen MR) is 87.4 cm³/mol. The van der Waals surface area contributed by atoms with Gasteiger partial charge in [0.25, 0.3) is 0 Å². The average molecular weight is 330 g/mol. The summed E-state index contributed by atoms with van der Waals surface area (Å²) < 4.78 is 37.5. The molecule has 0 aliphatic heterocycles. The first kappa shape index (κ1) is 19.3. The fraction of sp³-hybridized carbons (Fsp3) is 0.562. The van der Waals surface area contributed by atoms with Gasteiger partial charge < -0.3 is 15.5 Å². The van der Waals surface area contributed by atoms with Crippen LogP contribution in [0.5, 0.6) is 0 Å². The summed E-state index contributed by atoms with van der Waals surface area (Å²) in [5, 5.41) is 6.34. The Bertz CT molecular complexity index is 481. The van der Waals surface area contributed by atoms with E-state index in [4.69, 9.17) is 0 Å². The van der Waals surface area contributed by atoms with Gasteiger partial charge in [0.1, 0.15) is 0 Å². The summed E-state index contributed by atoms with van der Waals surface area (Å²) in [6, 6.07) is 5.09. The van der Waals surface area contributed by atoms with Crippen LogP contribution >= 0.6 is 0 Å². The molecule has 1 rings (SSSR count). The summed E-state index contributed by atoms with van der Waals surface area (Å²) in [6.07, 6.45) is -3.32. The van der Waals surface area contributed by atoms with E-state index in [0.717, 1.165) is 43.8 Å². The molecule has 23 heavy (non-hydrogen) atoms. The smallest absolute Gasteiger partial charge is 0.357 e. The second-order valence-electron chi connectivity index (χ2n) is 5.47. The van der Waals surface area contributed by atoms with Gasteiger partial charge in [-0.05, 0) is 51.7 Å². The van der Waals surface area contributed by atoms with Crippen LogP contribution < -0.4 is 10.6 Å². The lowest BCUT2D eigenvalue weighted by atomic mass is 10.1. The van der Waals surface area contributed by atoms with Gasteiger partial charge in [-0.3, -0.25) is 0 Å². The van der Waals surface area contributed by atoms with Gasteiger partial charge >= 0.3 is 6.18 Å². The number of alkyl halides is 3. The maximum atomic E-state index is 12.5. The van der Waals surface area contributed by atoms with Crippen molar-refractivity contribution in [3.63, 3.8) is 0 Å². The molecular weight excluding hydrogens is 305 g/mol. The quantitative estimate of drug-likeness (QED) is 0.459. The largest absolute Gasteiger partial charge is 0.416 e. The van der Waals surface area contributed by atoms with Crippen molar-refractivity contribution in [2.75, 3.05) is 33.7 Å². The number of aliphatic imine (C=N–C) groups is 1. The van der Waals surface area contributed by atoms with Crippen molar-refractivity contribution in [3.8, 4) is 0 Å². The fourth-order valence-electron chi connectivity index (χ4n) is 1.91. The zero-order valence-corrected chi connectivity index (χ0v) is 13.9. The van der Waals surface area contributed by atoms with Crippen molar-refractivity contribution in [2.45, 2.75) is 26.1 Å². The third kappa shape index (κ3) is 7.88.